The van der Waals surface area contributed by atoms with Gasteiger partial charge in [-0.1, -0.05) is 13.8 Å². The van der Waals surface area contributed by atoms with E-state index in [-0.39, 0.29) is 12.1 Å². The van der Waals surface area contributed by atoms with Crippen molar-refractivity contribution >= 4 is 5.97 Å². The fraction of sp³-hybridized carbons (Fsp3) is 0.933. The smallest absolute Gasteiger partial charge is 0.324 e. The van der Waals surface area contributed by atoms with Crippen molar-refractivity contribution in [3.63, 3.8) is 0 Å². The number of hydrogen-bond donors (Lipinski definition) is 2. The summed E-state index contributed by atoms with van der Waals surface area (Å²) in [6.07, 6.45) is 1.96. The maximum atomic E-state index is 11.5. The highest BCUT2D eigenvalue weighted by Crippen LogP contribution is 2.32. The lowest BCUT2D eigenvalue weighted by atomic mass is 9.96. The van der Waals surface area contributed by atoms with E-state index in [4.69, 9.17) is 9.47 Å². The van der Waals surface area contributed by atoms with Crippen LogP contribution < -0.4 is 5.32 Å². The zero-order valence-electron chi connectivity index (χ0n) is 13.1. The zero-order valence-corrected chi connectivity index (χ0v) is 13.1. The molecular formula is C15H29NO4. The molecule has 0 bridgehead atoms. The van der Waals surface area contributed by atoms with E-state index in [1.807, 2.05) is 13.8 Å². The van der Waals surface area contributed by atoms with Gasteiger partial charge in [-0.25, -0.2) is 0 Å². The molecule has 2 N–H and O–H groups in total. The summed E-state index contributed by atoms with van der Waals surface area (Å²) >= 11 is 0. The first-order valence-electron chi connectivity index (χ1n) is 7.56. The van der Waals surface area contributed by atoms with E-state index in [2.05, 4.69) is 19.2 Å². The monoisotopic (exact) mass is 287 g/mol. The number of hydrogen-bond acceptors (Lipinski definition) is 4. The number of carbonyl (C=O) groups is 1. The molecule has 5 heteroatoms. The SMILES string of the molecule is CC(C)COCCOC1CCC(NC(C)C)(C(=O)O)C1. The van der Waals surface area contributed by atoms with Gasteiger partial charge >= 0.3 is 5.97 Å². The first-order chi connectivity index (χ1) is 9.35. The second kappa shape index (κ2) is 7.96. The van der Waals surface area contributed by atoms with Crippen LogP contribution in [0, 0.1) is 5.92 Å². The lowest BCUT2D eigenvalue weighted by molar-refractivity contribution is -0.145. The Morgan fingerprint density at radius 3 is 2.60 bits per heavy atom. The summed E-state index contributed by atoms with van der Waals surface area (Å²) in [7, 11) is 0. The van der Waals surface area contributed by atoms with Gasteiger partial charge in [0.1, 0.15) is 5.54 Å². The summed E-state index contributed by atoms with van der Waals surface area (Å²) in [4.78, 5) is 11.5. The highest BCUT2D eigenvalue weighted by atomic mass is 16.5. The summed E-state index contributed by atoms with van der Waals surface area (Å²) in [6, 6.07) is 0.152. The number of nitrogens with one attached hydrogen (secondary N) is 1. The maximum absolute atomic E-state index is 11.5. The van der Waals surface area contributed by atoms with Gasteiger partial charge in [0.15, 0.2) is 0 Å². The topological polar surface area (TPSA) is 67.8 Å². The predicted octanol–water partition coefficient (Wildman–Crippen LogP) is 2.05. The minimum absolute atomic E-state index is 0.0139. The highest BCUT2D eigenvalue weighted by Gasteiger charge is 2.46. The molecule has 2 atom stereocenters. The Bertz CT molecular complexity index is 306. The van der Waals surface area contributed by atoms with Crippen molar-refractivity contribution in [3.05, 3.63) is 0 Å². The van der Waals surface area contributed by atoms with Gasteiger partial charge in [-0.2, -0.15) is 0 Å². The number of aliphatic carboxylic acids is 1. The third kappa shape index (κ3) is 5.38. The van der Waals surface area contributed by atoms with Crippen LogP contribution in [-0.2, 0) is 14.3 Å². The van der Waals surface area contributed by atoms with Gasteiger partial charge < -0.3 is 14.6 Å². The van der Waals surface area contributed by atoms with Crippen LogP contribution in [-0.4, -0.2) is 48.6 Å². The van der Waals surface area contributed by atoms with E-state index >= 15 is 0 Å². The molecule has 1 aliphatic rings. The molecule has 0 amide bonds. The van der Waals surface area contributed by atoms with Crippen LogP contribution in [0.3, 0.4) is 0 Å². The highest BCUT2D eigenvalue weighted by molar-refractivity contribution is 5.79. The van der Waals surface area contributed by atoms with Gasteiger partial charge in [0, 0.05) is 19.1 Å². The van der Waals surface area contributed by atoms with E-state index in [0.29, 0.717) is 32.0 Å². The van der Waals surface area contributed by atoms with E-state index in [1.54, 1.807) is 0 Å². The summed E-state index contributed by atoms with van der Waals surface area (Å²) in [5.74, 6) is -0.246. The van der Waals surface area contributed by atoms with Crippen molar-refractivity contribution in [2.75, 3.05) is 19.8 Å². The first kappa shape index (κ1) is 17.4. The molecule has 2 unspecified atom stereocenters. The second-order valence-corrected chi connectivity index (χ2v) is 6.39. The van der Waals surface area contributed by atoms with Gasteiger partial charge in [0.25, 0.3) is 0 Å². The fourth-order valence-electron chi connectivity index (χ4n) is 2.67. The number of ether oxygens (including phenoxy) is 2. The molecule has 1 rings (SSSR count). The third-order valence-corrected chi connectivity index (χ3v) is 3.48. The van der Waals surface area contributed by atoms with E-state index in [1.165, 1.54) is 0 Å². The maximum Gasteiger partial charge on any atom is 0.324 e. The van der Waals surface area contributed by atoms with E-state index in [9.17, 15) is 9.90 Å². The first-order valence-corrected chi connectivity index (χ1v) is 7.56. The van der Waals surface area contributed by atoms with Gasteiger partial charge in [-0.15, -0.1) is 0 Å². The molecule has 118 valence electrons. The minimum atomic E-state index is -0.822. The number of carboxylic acids is 1. The molecule has 0 radical (unpaired) electrons. The van der Waals surface area contributed by atoms with Crippen molar-refractivity contribution in [3.8, 4) is 0 Å². The van der Waals surface area contributed by atoms with Gasteiger partial charge in [-0.3, -0.25) is 10.1 Å². The molecule has 1 saturated carbocycles. The molecule has 0 saturated heterocycles. The summed E-state index contributed by atoms with van der Waals surface area (Å²) in [5, 5.41) is 12.6. The molecular weight excluding hydrogens is 258 g/mol. The largest absolute Gasteiger partial charge is 0.480 e. The molecule has 1 aliphatic carbocycles. The molecule has 0 aromatic rings. The standard InChI is InChI=1S/C15H29NO4/c1-11(2)10-19-7-8-20-13-5-6-15(9-13,14(17)18)16-12(3)4/h11-13,16H,5-10H2,1-4H3,(H,17,18). The molecule has 0 heterocycles. The average molecular weight is 287 g/mol. The Morgan fingerprint density at radius 2 is 2.05 bits per heavy atom. The van der Waals surface area contributed by atoms with Crippen molar-refractivity contribution in [2.45, 2.75) is 64.6 Å². The average Bonchev–Trinajstić information content (AvgIpc) is 2.72. The summed E-state index contributed by atoms with van der Waals surface area (Å²) < 4.78 is 11.2. The molecule has 20 heavy (non-hydrogen) atoms. The second-order valence-electron chi connectivity index (χ2n) is 6.39. The van der Waals surface area contributed by atoms with E-state index in [0.717, 1.165) is 13.0 Å². The van der Waals surface area contributed by atoms with Gasteiger partial charge in [0.05, 0.1) is 19.3 Å². The van der Waals surface area contributed by atoms with E-state index < -0.39 is 11.5 Å². The van der Waals surface area contributed by atoms with Crippen LogP contribution in [0.15, 0.2) is 0 Å². The lowest BCUT2D eigenvalue weighted by Crippen LogP contribution is -2.53. The van der Waals surface area contributed by atoms with Gasteiger partial charge in [-0.05, 0) is 32.6 Å². The Balaban J connectivity index is 2.32. The number of rotatable bonds is 9. The quantitative estimate of drug-likeness (QED) is 0.635. The predicted molar refractivity (Wildman–Crippen MR) is 77.9 cm³/mol. The molecule has 0 aromatic carbocycles. The zero-order chi connectivity index (χ0) is 15.2. The molecule has 1 fully saturated rings. The van der Waals surface area contributed by atoms with Crippen LogP contribution in [0.2, 0.25) is 0 Å². The Hall–Kier alpha value is -0.650. The third-order valence-electron chi connectivity index (χ3n) is 3.48. The van der Waals surface area contributed by atoms with Crippen LogP contribution in [0.5, 0.6) is 0 Å². The van der Waals surface area contributed by atoms with Crippen molar-refractivity contribution in [1.82, 2.24) is 5.32 Å². The van der Waals surface area contributed by atoms with Crippen LogP contribution in [0.4, 0.5) is 0 Å². The molecule has 0 aliphatic heterocycles. The van der Waals surface area contributed by atoms with Crippen molar-refractivity contribution in [1.29, 1.82) is 0 Å². The Labute approximate surface area is 122 Å². The lowest BCUT2D eigenvalue weighted by Gasteiger charge is -2.28. The Morgan fingerprint density at radius 1 is 1.35 bits per heavy atom. The van der Waals surface area contributed by atoms with Crippen molar-refractivity contribution in [2.24, 2.45) is 5.92 Å². The molecule has 0 aromatic heterocycles. The summed E-state index contributed by atoms with van der Waals surface area (Å²) in [5.41, 5.74) is -0.822. The van der Waals surface area contributed by atoms with Crippen LogP contribution >= 0.6 is 0 Å². The minimum Gasteiger partial charge on any atom is -0.480 e. The molecule has 0 spiro atoms. The van der Waals surface area contributed by atoms with Gasteiger partial charge in [0.2, 0.25) is 0 Å². The van der Waals surface area contributed by atoms with Crippen LogP contribution in [0.1, 0.15) is 47.0 Å². The van der Waals surface area contributed by atoms with Crippen molar-refractivity contribution < 1.29 is 19.4 Å². The normalized spacial score (nSPS) is 26.6. The number of carboxylic acid groups (broad SMARTS) is 1. The van der Waals surface area contributed by atoms with Crippen LogP contribution in [0.25, 0.3) is 0 Å². The Kier molecular flexibility index (Phi) is 6.92. The fourth-order valence-corrected chi connectivity index (χ4v) is 2.67. The molecule has 5 nitrogen and oxygen atoms in total. The summed E-state index contributed by atoms with van der Waals surface area (Å²) in [6.45, 7) is 10.0.